The van der Waals surface area contributed by atoms with Crippen LogP contribution < -0.4 is 10.5 Å². The van der Waals surface area contributed by atoms with E-state index in [0.29, 0.717) is 0 Å². The molecule has 0 spiro atoms. The molecule has 2 rings (SSSR count). The van der Waals surface area contributed by atoms with Gasteiger partial charge in [-0.3, -0.25) is 0 Å². The van der Waals surface area contributed by atoms with Gasteiger partial charge in [0.05, 0.1) is 12.6 Å². The Hall–Kier alpha value is -1.28. The molecule has 0 atom stereocenters. The van der Waals surface area contributed by atoms with Gasteiger partial charge in [-0.15, -0.1) is 0 Å². The van der Waals surface area contributed by atoms with Gasteiger partial charge in [-0.1, -0.05) is 24.3 Å². The zero-order chi connectivity index (χ0) is 10.9. The Morgan fingerprint density at radius 2 is 1.93 bits per heavy atom. The van der Waals surface area contributed by atoms with Crippen molar-refractivity contribution in [3.8, 4) is 5.75 Å². The standard InChI is InChI=1S/C13H17NO/c1-10-5-6-11(12(9-10)15-2)13(14)7-3-4-8-13/h3-6,9H,7-8,14H2,1-2H3. The van der Waals surface area contributed by atoms with E-state index in [1.165, 1.54) is 5.56 Å². The Balaban J connectivity index is 2.43. The minimum Gasteiger partial charge on any atom is -0.496 e. The molecule has 0 saturated carbocycles. The zero-order valence-electron chi connectivity index (χ0n) is 9.29. The number of hydrogen-bond acceptors (Lipinski definition) is 2. The Labute approximate surface area is 90.7 Å². The molecule has 80 valence electrons. The second-order valence-corrected chi connectivity index (χ2v) is 4.24. The van der Waals surface area contributed by atoms with Crippen LogP contribution in [0.1, 0.15) is 24.0 Å². The molecule has 2 heteroatoms. The van der Waals surface area contributed by atoms with Gasteiger partial charge in [-0.25, -0.2) is 0 Å². The molecule has 1 aromatic carbocycles. The lowest BCUT2D eigenvalue weighted by Gasteiger charge is -2.26. The molecule has 1 aliphatic carbocycles. The highest BCUT2D eigenvalue weighted by atomic mass is 16.5. The van der Waals surface area contributed by atoms with E-state index in [-0.39, 0.29) is 5.54 Å². The van der Waals surface area contributed by atoms with Crippen molar-refractivity contribution < 1.29 is 4.74 Å². The largest absolute Gasteiger partial charge is 0.496 e. The molecule has 0 aromatic heterocycles. The first-order valence-corrected chi connectivity index (χ1v) is 5.25. The van der Waals surface area contributed by atoms with Gasteiger partial charge in [-0.05, 0) is 31.4 Å². The molecule has 0 saturated heterocycles. The minimum atomic E-state index is -0.265. The van der Waals surface area contributed by atoms with Crippen LogP contribution in [0.2, 0.25) is 0 Å². The number of aryl methyl sites for hydroxylation is 1. The number of benzene rings is 1. The van der Waals surface area contributed by atoms with Crippen LogP contribution >= 0.6 is 0 Å². The van der Waals surface area contributed by atoms with Crippen molar-refractivity contribution >= 4 is 0 Å². The third-order valence-corrected chi connectivity index (χ3v) is 3.02. The maximum Gasteiger partial charge on any atom is 0.124 e. The molecule has 1 aromatic rings. The highest BCUT2D eigenvalue weighted by Gasteiger charge is 2.30. The van der Waals surface area contributed by atoms with Crippen LogP contribution in [-0.4, -0.2) is 7.11 Å². The fourth-order valence-corrected chi connectivity index (χ4v) is 2.10. The quantitative estimate of drug-likeness (QED) is 0.749. The van der Waals surface area contributed by atoms with Crippen LogP contribution in [0.4, 0.5) is 0 Å². The van der Waals surface area contributed by atoms with Crippen molar-refractivity contribution in [3.63, 3.8) is 0 Å². The fourth-order valence-electron chi connectivity index (χ4n) is 2.10. The predicted molar refractivity (Wildman–Crippen MR) is 62.0 cm³/mol. The minimum absolute atomic E-state index is 0.265. The summed E-state index contributed by atoms with van der Waals surface area (Å²) >= 11 is 0. The number of nitrogens with two attached hydrogens (primary N) is 1. The summed E-state index contributed by atoms with van der Waals surface area (Å²) in [7, 11) is 1.70. The van der Waals surface area contributed by atoms with Crippen LogP contribution in [0.3, 0.4) is 0 Å². The monoisotopic (exact) mass is 203 g/mol. The van der Waals surface area contributed by atoms with E-state index in [2.05, 4.69) is 31.2 Å². The molecule has 0 aliphatic heterocycles. The molecule has 0 fully saturated rings. The van der Waals surface area contributed by atoms with E-state index in [4.69, 9.17) is 10.5 Å². The van der Waals surface area contributed by atoms with Crippen molar-refractivity contribution in [2.24, 2.45) is 5.73 Å². The van der Waals surface area contributed by atoms with Gasteiger partial charge in [0, 0.05) is 5.56 Å². The van der Waals surface area contributed by atoms with Crippen LogP contribution in [0.5, 0.6) is 5.75 Å². The SMILES string of the molecule is COc1cc(C)ccc1C1(N)CC=CC1. The third kappa shape index (κ3) is 1.77. The maximum absolute atomic E-state index is 6.36. The lowest BCUT2D eigenvalue weighted by atomic mass is 9.87. The average Bonchev–Trinajstić information content (AvgIpc) is 2.66. The van der Waals surface area contributed by atoms with Crippen molar-refractivity contribution in [1.82, 2.24) is 0 Å². The summed E-state index contributed by atoms with van der Waals surface area (Å²) in [6.07, 6.45) is 6.07. The van der Waals surface area contributed by atoms with Gasteiger partial charge in [-0.2, -0.15) is 0 Å². The first kappa shape index (κ1) is 10.2. The predicted octanol–water partition coefficient (Wildman–Crippen LogP) is 2.51. The van der Waals surface area contributed by atoms with E-state index in [1.807, 2.05) is 6.07 Å². The summed E-state index contributed by atoms with van der Waals surface area (Å²) in [4.78, 5) is 0. The van der Waals surface area contributed by atoms with E-state index in [9.17, 15) is 0 Å². The van der Waals surface area contributed by atoms with Gasteiger partial charge < -0.3 is 10.5 Å². The second-order valence-electron chi connectivity index (χ2n) is 4.24. The molecular weight excluding hydrogens is 186 g/mol. The summed E-state index contributed by atoms with van der Waals surface area (Å²) in [6.45, 7) is 2.06. The lowest BCUT2D eigenvalue weighted by molar-refractivity contribution is 0.383. The van der Waals surface area contributed by atoms with Gasteiger partial charge >= 0.3 is 0 Å². The van der Waals surface area contributed by atoms with Gasteiger partial charge in [0.15, 0.2) is 0 Å². The molecule has 2 N–H and O–H groups in total. The first-order valence-electron chi connectivity index (χ1n) is 5.25. The van der Waals surface area contributed by atoms with Gasteiger partial charge in [0.1, 0.15) is 5.75 Å². The van der Waals surface area contributed by atoms with E-state index < -0.39 is 0 Å². The fraction of sp³-hybridized carbons (Fsp3) is 0.385. The molecule has 15 heavy (non-hydrogen) atoms. The summed E-state index contributed by atoms with van der Waals surface area (Å²) in [5.74, 6) is 0.904. The average molecular weight is 203 g/mol. The Morgan fingerprint density at radius 3 is 2.53 bits per heavy atom. The van der Waals surface area contributed by atoms with Crippen LogP contribution in [0, 0.1) is 6.92 Å². The topological polar surface area (TPSA) is 35.2 Å². The summed E-state index contributed by atoms with van der Waals surface area (Å²) in [5.41, 5.74) is 8.41. The molecule has 2 nitrogen and oxygen atoms in total. The number of ether oxygens (including phenoxy) is 1. The first-order chi connectivity index (χ1) is 7.15. The summed E-state index contributed by atoms with van der Waals surface area (Å²) in [5, 5.41) is 0. The van der Waals surface area contributed by atoms with E-state index in [0.717, 1.165) is 24.2 Å². The van der Waals surface area contributed by atoms with Crippen molar-refractivity contribution in [1.29, 1.82) is 0 Å². The van der Waals surface area contributed by atoms with Crippen molar-refractivity contribution in [2.75, 3.05) is 7.11 Å². The Kier molecular flexibility index (Phi) is 2.53. The normalized spacial score (nSPS) is 18.1. The van der Waals surface area contributed by atoms with Crippen LogP contribution in [0.15, 0.2) is 30.4 Å². The zero-order valence-corrected chi connectivity index (χ0v) is 9.29. The molecule has 0 amide bonds. The molecular formula is C13H17NO. The smallest absolute Gasteiger partial charge is 0.124 e. The second kappa shape index (κ2) is 3.70. The number of hydrogen-bond donors (Lipinski definition) is 1. The molecule has 0 unspecified atom stereocenters. The van der Waals surface area contributed by atoms with Gasteiger partial charge in [0.25, 0.3) is 0 Å². The number of methoxy groups -OCH3 is 1. The number of rotatable bonds is 2. The highest BCUT2D eigenvalue weighted by molar-refractivity contribution is 5.43. The van der Waals surface area contributed by atoms with Crippen molar-refractivity contribution in [3.05, 3.63) is 41.5 Å². The van der Waals surface area contributed by atoms with Crippen LogP contribution in [-0.2, 0) is 5.54 Å². The van der Waals surface area contributed by atoms with Crippen molar-refractivity contribution in [2.45, 2.75) is 25.3 Å². The molecule has 0 bridgehead atoms. The Morgan fingerprint density at radius 1 is 1.27 bits per heavy atom. The van der Waals surface area contributed by atoms with Crippen LogP contribution in [0.25, 0.3) is 0 Å². The molecule has 0 heterocycles. The Bertz CT molecular complexity index is 388. The van der Waals surface area contributed by atoms with E-state index in [1.54, 1.807) is 7.11 Å². The molecule has 1 aliphatic rings. The summed E-state index contributed by atoms with van der Waals surface area (Å²) < 4.78 is 5.40. The summed E-state index contributed by atoms with van der Waals surface area (Å²) in [6, 6.07) is 6.22. The highest BCUT2D eigenvalue weighted by Crippen LogP contribution is 2.37. The lowest BCUT2D eigenvalue weighted by Crippen LogP contribution is -2.33. The van der Waals surface area contributed by atoms with Gasteiger partial charge in [0.2, 0.25) is 0 Å². The maximum atomic E-state index is 6.36. The third-order valence-electron chi connectivity index (χ3n) is 3.02. The van der Waals surface area contributed by atoms with E-state index >= 15 is 0 Å². The molecule has 0 radical (unpaired) electrons.